The van der Waals surface area contributed by atoms with Gasteiger partial charge in [-0.15, -0.1) is 0 Å². The van der Waals surface area contributed by atoms with Crippen molar-refractivity contribution in [2.75, 3.05) is 7.05 Å². The predicted octanol–water partition coefficient (Wildman–Crippen LogP) is 2.54. The highest BCUT2D eigenvalue weighted by molar-refractivity contribution is 6.30. The van der Waals surface area contributed by atoms with Gasteiger partial charge in [0.1, 0.15) is 11.6 Å². The molecule has 5 aliphatic rings. The van der Waals surface area contributed by atoms with Crippen LogP contribution in [-0.2, 0) is 0 Å². The van der Waals surface area contributed by atoms with E-state index in [4.69, 9.17) is 21.3 Å². The van der Waals surface area contributed by atoms with E-state index in [1.165, 1.54) is 44.7 Å². The maximum atomic E-state index is 11.5. The molecule has 0 radical (unpaired) electrons. The van der Waals surface area contributed by atoms with Crippen LogP contribution in [0.15, 0.2) is 28.5 Å². The predicted molar refractivity (Wildman–Crippen MR) is 94.5 cm³/mol. The van der Waals surface area contributed by atoms with Crippen molar-refractivity contribution in [1.82, 2.24) is 10.2 Å². The Kier molecular flexibility index (Phi) is 3.35. The Labute approximate surface area is 151 Å². The second-order valence-electron chi connectivity index (χ2n) is 7.55. The van der Waals surface area contributed by atoms with Crippen LogP contribution in [0.1, 0.15) is 32.1 Å². The number of fused-ring (bicyclic) bond motifs is 1. The van der Waals surface area contributed by atoms with Crippen LogP contribution >= 0.6 is 11.6 Å². The number of hydrogen-bond donors (Lipinski definition) is 1. The highest BCUT2D eigenvalue weighted by Crippen LogP contribution is 2.49. The van der Waals surface area contributed by atoms with Crippen molar-refractivity contribution in [1.29, 1.82) is 0 Å². The lowest BCUT2D eigenvalue weighted by atomic mass is 9.70. The topological polar surface area (TPSA) is 53.9 Å². The third-order valence-corrected chi connectivity index (χ3v) is 6.20. The molecule has 130 valence electrons. The summed E-state index contributed by atoms with van der Waals surface area (Å²) >= 11 is 6.48. The van der Waals surface area contributed by atoms with E-state index in [1.807, 2.05) is 0 Å². The van der Waals surface area contributed by atoms with Crippen LogP contribution in [0, 0.1) is 11.8 Å². The van der Waals surface area contributed by atoms with Crippen molar-refractivity contribution < 1.29 is 9.53 Å². The molecule has 0 unspecified atom stereocenters. The number of hydrogen-bond acceptors (Lipinski definition) is 4. The van der Waals surface area contributed by atoms with Crippen LogP contribution in [0.2, 0.25) is 5.02 Å². The zero-order valence-electron chi connectivity index (χ0n) is 14.1. The van der Waals surface area contributed by atoms with Gasteiger partial charge in [0.2, 0.25) is 0 Å². The van der Waals surface area contributed by atoms with E-state index >= 15 is 0 Å². The van der Waals surface area contributed by atoms with Crippen molar-refractivity contribution >= 4 is 23.9 Å². The minimum atomic E-state index is -0.509. The maximum Gasteiger partial charge on any atom is 0.412 e. The van der Waals surface area contributed by atoms with Gasteiger partial charge in [-0.2, -0.15) is 0 Å². The Balaban J connectivity index is 1.66. The fraction of sp³-hybridized carbons (Fsp3) is 0.474. The van der Waals surface area contributed by atoms with E-state index in [2.05, 4.69) is 16.4 Å². The number of nitrogens with zero attached hydrogens (tertiary/aromatic N) is 2. The summed E-state index contributed by atoms with van der Waals surface area (Å²) in [5, 5.41) is 4.71. The van der Waals surface area contributed by atoms with Gasteiger partial charge >= 0.3 is 6.09 Å². The number of allylic oxidation sites excluding steroid dienone is 1. The molecular formula is C19H20ClN3O2. The van der Waals surface area contributed by atoms with Crippen molar-refractivity contribution in [3.63, 3.8) is 0 Å². The molecule has 1 aromatic rings. The summed E-state index contributed by atoms with van der Waals surface area (Å²) in [4.78, 5) is 18.8. The molecule has 1 N–H and O–H groups in total. The van der Waals surface area contributed by atoms with Gasteiger partial charge in [0.15, 0.2) is 0 Å². The molecule has 3 aliphatic heterocycles. The quantitative estimate of drug-likeness (QED) is 0.840. The van der Waals surface area contributed by atoms with Gasteiger partial charge in [-0.05, 0) is 49.5 Å². The van der Waals surface area contributed by atoms with Gasteiger partial charge in [0.25, 0.3) is 0 Å². The Morgan fingerprint density at radius 3 is 2.76 bits per heavy atom. The van der Waals surface area contributed by atoms with Crippen molar-refractivity contribution in [3.05, 3.63) is 39.1 Å². The van der Waals surface area contributed by atoms with Crippen LogP contribution in [0.25, 0.3) is 6.20 Å². The second-order valence-corrected chi connectivity index (χ2v) is 7.96. The number of halogens is 1. The van der Waals surface area contributed by atoms with E-state index in [-0.39, 0.29) is 0 Å². The maximum absolute atomic E-state index is 11.5. The monoisotopic (exact) mass is 357 g/mol. The molecular weight excluding hydrogens is 338 g/mol. The fourth-order valence-electron chi connectivity index (χ4n) is 4.98. The summed E-state index contributed by atoms with van der Waals surface area (Å²) in [6.45, 7) is 0. The Morgan fingerprint density at radius 2 is 2.04 bits per heavy atom. The lowest BCUT2D eigenvalue weighted by molar-refractivity contribution is 0.167. The first kappa shape index (κ1) is 15.3. The Hall–Kier alpha value is -2.01. The lowest BCUT2D eigenvalue weighted by Crippen LogP contribution is -2.41. The van der Waals surface area contributed by atoms with E-state index < -0.39 is 6.09 Å². The minimum absolute atomic E-state index is 0.416. The summed E-state index contributed by atoms with van der Waals surface area (Å²) in [6, 6.07) is 4.02. The first-order valence-corrected chi connectivity index (χ1v) is 9.28. The van der Waals surface area contributed by atoms with Crippen LogP contribution in [-0.4, -0.2) is 24.1 Å². The van der Waals surface area contributed by atoms with E-state index in [9.17, 15) is 4.79 Å². The van der Waals surface area contributed by atoms with Crippen molar-refractivity contribution in [2.45, 2.75) is 38.1 Å². The molecule has 2 saturated carbocycles. The molecule has 1 aromatic carbocycles. The third-order valence-electron chi connectivity index (χ3n) is 5.89. The molecule has 6 heteroatoms. The van der Waals surface area contributed by atoms with Gasteiger partial charge in [-0.3, -0.25) is 0 Å². The lowest BCUT2D eigenvalue weighted by Gasteiger charge is -2.39. The molecule has 1 amide bonds. The highest BCUT2D eigenvalue weighted by atomic mass is 35.5. The minimum Gasteiger partial charge on any atom is -0.410 e. The molecule has 2 fully saturated rings. The van der Waals surface area contributed by atoms with Crippen LogP contribution < -0.4 is 20.6 Å². The normalized spacial score (nSPS) is 28.6. The highest BCUT2D eigenvalue weighted by Gasteiger charge is 2.42. The standard InChI is InChI=1S/C19H20ClN3O2/c1-21-19(24)25-14-7-16(20)15-9-23-13-5-10-2-11(6-13)4-12(3-10)18(23)22-17(15)8-14/h7-11,13H,2-6H2,1H3,(H,21,24)/t10-,11-/m0/s1. The van der Waals surface area contributed by atoms with Crippen molar-refractivity contribution in [3.8, 4) is 5.75 Å². The van der Waals surface area contributed by atoms with Gasteiger partial charge in [0, 0.05) is 36.6 Å². The first-order chi connectivity index (χ1) is 12.1. The summed E-state index contributed by atoms with van der Waals surface area (Å²) in [7, 11) is 1.53. The number of carbonyl (C=O) groups is 1. The summed E-state index contributed by atoms with van der Waals surface area (Å²) in [5.74, 6) is 3.13. The van der Waals surface area contributed by atoms with Crippen molar-refractivity contribution in [2.24, 2.45) is 16.8 Å². The van der Waals surface area contributed by atoms with Gasteiger partial charge < -0.3 is 15.0 Å². The van der Waals surface area contributed by atoms with Crippen LogP contribution in [0.4, 0.5) is 4.79 Å². The molecule has 3 heterocycles. The average molecular weight is 358 g/mol. The Bertz CT molecular complexity index is 907. The second kappa shape index (κ2) is 5.49. The van der Waals surface area contributed by atoms with Crippen LogP contribution in [0.5, 0.6) is 5.75 Å². The average Bonchev–Trinajstić information content (AvgIpc) is 2.75. The number of benzene rings is 1. The molecule has 0 spiro atoms. The number of ether oxygens (including phenoxy) is 1. The molecule has 0 aromatic heterocycles. The van der Waals surface area contributed by atoms with E-state index in [0.29, 0.717) is 16.8 Å². The first-order valence-electron chi connectivity index (χ1n) is 8.91. The number of carbonyl (C=O) groups excluding carboxylic acids is 1. The summed E-state index contributed by atoms with van der Waals surface area (Å²) in [5.41, 5.74) is 1.48. The summed E-state index contributed by atoms with van der Waals surface area (Å²) in [6.07, 6.45) is 7.87. The van der Waals surface area contributed by atoms with Gasteiger partial charge in [-0.1, -0.05) is 11.6 Å². The number of amides is 1. The summed E-state index contributed by atoms with van der Waals surface area (Å²) < 4.78 is 5.24. The molecule has 6 rings (SSSR count). The number of rotatable bonds is 1. The van der Waals surface area contributed by atoms with Crippen LogP contribution in [0.3, 0.4) is 0 Å². The van der Waals surface area contributed by atoms with Gasteiger partial charge in [-0.25, -0.2) is 9.79 Å². The third kappa shape index (κ3) is 2.44. The smallest absolute Gasteiger partial charge is 0.410 e. The molecule has 5 nitrogen and oxygen atoms in total. The molecule has 2 aliphatic carbocycles. The zero-order valence-corrected chi connectivity index (χ0v) is 14.8. The van der Waals surface area contributed by atoms with E-state index in [1.54, 1.807) is 12.1 Å². The largest absolute Gasteiger partial charge is 0.412 e. The van der Waals surface area contributed by atoms with Gasteiger partial charge in [0.05, 0.1) is 10.4 Å². The fourth-order valence-corrected chi connectivity index (χ4v) is 5.23. The Morgan fingerprint density at radius 1 is 1.28 bits per heavy atom. The molecule has 25 heavy (non-hydrogen) atoms. The molecule has 4 bridgehead atoms. The van der Waals surface area contributed by atoms with E-state index in [0.717, 1.165) is 28.2 Å². The number of nitrogens with one attached hydrogen (secondary N) is 1. The molecule has 2 atom stereocenters. The molecule has 0 saturated heterocycles. The SMILES string of the molecule is CNC(=O)Oc1cc(Cl)c2c(c1)=NC1=C3C[C@H]4CC(C[C@H](C3)C4)N1C=2. The zero-order chi connectivity index (χ0) is 17.1.